The minimum absolute atomic E-state index is 0.0906. The van der Waals surface area contributed by atoms with Crippen molar-refractivity contribution in [3.05, 3.63) is 69.2 Å². The molecule has 3 heteroatoms. The number of benzene rings is 2. The monoisotopic (exact) mass is 299 g/mol. The molecule has 0 saturated carbocycles. The van der Waals surface area contributed by atoms with Crippen molar-refractivity contribution in [3.8, 4) is 0 Å². The van der Waals surface area contributed by atoms with E-state index in [9.17, 15) is 4.39 Å². The predicted octanol–water partition coefficient (Wildman–Crippen LogP) is 4.97. The third-order valence-corrected chi connectivity index (χ3v) is 5.19. The van der Waals surface area contributed by atoms with Gasteiger partial charge in [-0.1, -0.05) is 30.3 Å². The molecule has 1 aromatic heterocycles. The van der Waals surface area contributed by atoms with Crippen LogP contribution in [0, 0.1) is 19.7 Å². The van der Waals surface area contributed by atoms with Gasteiger partial charge in [-0.25, -0.2) is 4.39 Å². The SMILES string of the molecule is CNC(c1cc(C)c(C)s1)c1ccc(F)c2ccccc12. The molecule has 21 heavy (non-hydrogen) atoms. The lowest BCUT2D eigenvalue weighted by Crippen LogP contribution is -2.17. The topological polar surface area (TPSA) is 12.0 Å². The fourth-order valence-corrected chi connectivity index (χ4v) is 3.90. The minimum atomic E-state index is -0.164. The number of thiophene rings is 1. The fourth-order valence-electron chi connectivity index (χ4n) is 2.73. The molecule has 108 valence electrons. The minimum Gasteiger partial charge on any atom is -0.309 e. The van der Waals surface area contributed by atoms with Crippen molar-refractivity contribution >= 4 is 22.1 Å². The Hall–Kier alpha value is -1.71. The van der Waals surface area contributed by atoms with Gasteiger partial charge in [0.25, 0.3) is 0 Å². The lowest BCUT2D eigenvalue weighted by molar-refractivity contribution is 0.637. The van der Waals surface area contributed by atoms with Crippen molar-refractivity contribution in [2.45, 2.75) is 19.9 Å². The average molecular weight is 299 g/mol. The zero-order valence-electron chi connectivity index (χ0n) is 12.4. The number of hydrogen-bond donors (Lipinski definition) is 1. The van der Waals surface area contributed by atoms with Crippen LogP contribution in [0.4, 0.5) is 4.39 Å². The highest BCUT2D eigenvalue weighted by molar-refractivity contribution is 7.12. The molecule has 1 heterocycles. The van der Waals surface area contributed by atoms with Gasteiger partial charge in [0.15, 0.2) is 0 Å². The van der Waals surface area contributed by atoms with Crippen molar-refractivity contribution in [2.75, 3.05) is 7.05 Å². The Morgan fingerprint density at radius 3 is 2.38 bits per heavy atom. The molecule has 1 nitrogen and oxygen atoms in total. The summed E-state index contributed by atoms with van der Waals surface area (Å²) in [5, 5.41) is 5.03. The predicted molar refractivity (Wildman–Crippen MR) is 88.6 cm³/mol. The molecule has 0 bridgehead atoms. The van der Waals surface area contributed by atoms with E-state index in [0.29, 0.717) is 5.39 Å². The second-order valence-corrected chi connectivity index (χ2v) is 6.58. The van der Waals surface area contributed by atoms with Crippen LogP contribution in [0.2, 0.25) is 0 Å². The van der Waals surface area contributed by atoms with Crippen LogP contribution < -0.4 is 5.32 Å². The summed E-state index contributed by atoms with van der Waals surface area (Å²) in [7, 11) is 1.95. The van der Waals surface area contributed by atoms with E-state index in [4.69, 9.17) is 0 Å². The third-order valence-electron chi connectivity index (χ3n) is 3.97. The van der Waals surface area contributed by atoms with E-state index in [1.54, 1.807) is 17.4 Å². The standard InChI is InChI=1S/C18H18FNS/c1-11-10-17(21-12(11)2)18(20-3)15-8-9-16(19)14-7-5-4-6-13(14)15/h4-10,18,20H,1-3H3. The van der Waals surface area contributed by atoms with Gasteiger partial charge in [0.05, 0.1) is 6.04 Å². The van der Waals surface area contributed by atoms with E-state index in [1.165, 1.54) is 15.3 Å². The van der Waals surface area contributed by atoms with Gasteiger partial charge in [-0.2, -0.15) is 0 Å². The highest BCUT2D eigenvalue weighted by Crippen LogP contribution is 2.34. The van der Waals surface area contributed by atoms with Crippen LogP contribution in [0.1, 0.15) is 26.9 Å². The Morgan fingerprint density at radius 2 is 1.76 bits per heavy atom. The van der Waals surface area contributed by atoms with Gasteiger partial charge in [-0.05, 0) is 49.5 Å². The maximum atomic E-state index is 14.0. The van der Waals surface area contributed by atoms with Crippen molar-refractivity contribution in [2.24, 2.45) is 0 Å². The summed E-state index contributed by atoms with van der Waals surface area (Å²) < 4.78 is 14.0. The van der Waals surface area contributed by atoms with Crippen LogP contribution in [0.15, 0.2) is 42.5 Å². The molecule has 0 amide bonds. The quantitative estimate of drug-likeness (QED) is 0.720. The Bertz CT molecular complexity index is 772. The highest BCUT2D eigenvalue weighted by Gasteiger charge is 2.18. The summed E-state index contributed by atoms with van der Waals surface area (Å²) in [6, 6.07) is 13.4. The molecule has 0 aliphatic rings. The van der Waals surface area contributed by atoms with Crippen LogP contribution in [0.3, 0.4) is 0 Å². The van der Waals surface area contributed by atoms with Crippen molar-refractivity contribution in [1.29, 1.82) is 0 Å². The normalized spacial score (nSPS) is 12.8. The van der Waals surface area contributed by atoms with Crippen LogP contribution in [0.25, 0.3) is 10.8 Å². The Balaban J connectivity index is 2.20. The number of aryl methyl sites for hydroxylation is 2. The summed E-state index contributed by atoms with van der Waals surface area (Å²) in [5.41, 5.74) is 2.43. The number of rotatable bonds is 3. The van der Waals surface area contributed by atoms with Crippen molar-refractivity contribution < 1.29 is 4.39 Å². The summed E-state index contributed by atoms with van der Waals surface area (Å²) in [4.78, 5) is 2.60. The summed E-state index contributed by atoms with van der Waals surface area (Å²) in [5.74, 6) is -0.164. The molecular formula is C18H18FNS. The number of hydrogen-bond acceptors (Lipinski definition) is 2. The first kappa shape index (κ1) is 14.2. The molecule has 0 spiro atoms. The van der Waals surface area contributed by atoms with Crippen LogP contribution in [-0.4, -0.2) is 7.05 Å². The highest BCUT2D eigenvalue weighted by atomic mass is 32.1. The van der Waals surface area contributed by atoms with Gasteiger partial charge in [0.2, 0.25) is 0 Å². The molecule has 1 unspecified atom stereocenters. The van der Waals surface area contributed by atoms with Crippen LogP contribution in [-0.2, 0) is 0 Å². The second-order valence-electron chi connectivity index (χ2n) is 5.29. The molecule has 0 fully saturated rings. The van der Waals surface area contributed by atoms with Crippen LogP contribution >= 0.6 is 11.3 Å². The first-order chi connectivity index (χ1) is 10.1. The van der Waals surface area contributed by atoms with Crippen LogP contribution in [0.5, 0.6) is 0 Å². The Labute approximate surface area is 128 Å². The van der Waals surface area contributed by atoms with Gasteiger partial charge < -0.3 is 5.32 Å². The molecule has 0 saturated heterocycles. The van der Waals surface area contributed by atoms with E-state index in [-0.39, 0.29) is 11.9 Å². The summed E-state index contributed by atoms with van der Waals surface area (Å²) in [6.45, 7) is 4.27. The lowest BCUT2D eigenvalue weighted by Gasteiger charge is -2.18. The van der Waals surface area contributed by atoms with Gasteiger partial charge >= 0.3 is 0 Å². The van der Waals surface area contributed by atoms with Gasteiger partial charge in [0.1, 0.15) is 5.82 Å². The van der Waals surface area contributed by atoms with Crippen molar-refractivity contribution in [1.82, 2.24) is 5.32 Å². The largest absolute Gasteiger partial charge is 0.309 e. The second kappa shape index (κ2) is 5.58. The Morgan fingerprint density at radius 1 is 1.05 bits per heavy atom. The van der Waals surface area contributed by atoms with Gasteiger partial charge in [-0.15, -0.1) is 11.3 Å². The summed E-state index contributed by atoms with van der Waals surface area (Å²) in [6.07, 6.45) is 0. The maximum Gasteiger partial charge on any atom is 0.131 e. The van der Waals surface area contributed by atoms with E-state index in [1.807, 2.05) is 37.4 Å². The number of halogens is 1. The fraction of sp³-hybridized carbons (Fsp3) is 0.222. The molecule has 0 aliphatic heterocycles. The average Bonchev–Trinajstić information content (AvgIpc) is 2.82. The molecule has 1 atom stereocenters. The molecule has 1 N–H and O–H groups in total. The van der Waals surface area contributed by atoms with Gasteiger partial charge in [0, 0.05) is 15.1 Å². The Kier molecular flexibility index (Phi) is 3.79. The van der Waals surface area contributed by atoms with E-state index >= 15 is 0 Å². The first-order valence-corrected chi connectivity index (χ1v) is 7.85. The first-order valence-electron chi connectivity index (χ1n) is 7.03. The summed E-state index contributed by atoms with van der Waals surface area (Å²) >= 11 is 1.80. The maximum absolute atomic E-state index is 14.0. The molecule has 3 rings (SSSR count). The molecule has 3 aromatic rings. The molecule has 0 aliphatic carbocycles. The zero-order valence-corrected chi connectivity index (χ0v) is 13.2. The smallest absolute Gasteiger partial charge is 0.131 e. The number of nitrogens with one attached hydrogen (secondary N) is 1. The molecular weight excluding hydrogens is 281 g/mol. The van der Waals surface area contributed by atoms with Gasteiger partial charge in [-0.3, -0.25) is 0 Å². The lowest BCUT2D eigenvalue weighted by atomic mass is 9.97. The third kappa shape index (κ3) is 2.47. The molecule has 2 aromatic carbocycles. The molecule has 0 radical (unpaired) electrons. The number of fused-ring (bicyclic) bond motifs is 1. The van der Waals surface area contributed by atoms with E-state index < -0.39 is 0 Å². The van der Waals surface area contributed by atoms with E-state index in [0.717, 1.165) is 10.9 Å². The zero-order chi connectivity index (χ0) is 15.0. The van der Waals surface area contributed by atoms with Crippen molar-refractivity contribution in [3.63, 3.8) is 0 Å². The van der Waals surface area contributed by atoms with E-state index in [2.05, 4.69) is 25.2 Å².